The maximum absolute atomic E-state index is 4.93. The Balaban J connectivity index is 0.000000339. The first-order valence-corrected chi connectivity index (χ1v) is 12.3. The Morgan fingerprint density at radius 1 is 1.05 bits per heavy atom. The maximum atomic E-state index is 4.93. The average Bonchev–Trinajstić information content (AvgIpc) is 3.04. The van der Waals surface area contributed by atoms with Crippen molar-refractivity contribution in [2.24, 2.45) is 0 Å². The van der Waals surface area contributed by atoms with Gasteiger partial charge in [0.1, 0.15) is 0 Å². The summed E-state index contributed by atoms with van der Waals surface area (Å²) in [5.41, 5.74) is 2.77. The van der Waals surface area contributed by atoms with Crippen LogP contribution in [0.4, 0.5) is 0 Å². The zero-order chi connectivity index (χ0) is 14.1. The number of halogens is 2. The Bertz CT molecular complexity index is 550. The van der Waals surface area contributed by atoms with Gasteiger partial charge in [-0.1, -0.05) is 19.9 Å². The molecule has 3 aromatic rings. The quantitative estimate of drug-likeness (QED) is 0.392. The molecule has 3 aromatic carbocycles. The molecule has 0 N–H and O–H groups in total. The zero-order valence-electron chi connectivity index (χ0n) is 12.0. The van der Waals surface area contributed by atoms with Crippen molar-refractivity contribution in [1.82, 2.24) is 0 Å². The number of hydrogen-bond donors (Lipinski definition) is 0. The Kier molecular flexibility index (Phi) is 11.1. The van der Waals surface area contributed by atoms with Gasteiger partial charge < -0.3 is 7.43 Å². The number of fused-ring (bicyclic) bond motifs is 1. The third-order valence-corrected chi connectivity index (χ3v) is 2.77. The van der Waals surface area contributed by atoms with Crippen molar-refractivity contribution in [3.63, 3.8) is 0 Å². The van der Waals surface area contributed by atoms with Crippen LogP contribution in [0.2, 0.25) is 0 Å². The van der Waals surface area contributed by atoms with E-state index in [-0.39, 0.29) is 7.43 Å². The van der Waals surface area contributed by atoms with Gasteiger partial charge in [-0.3, -0.25) is 0 Å². The van der Waals surface area contributed by atoms with Crippen molar-refractivity contribution in [3.05, 3.63) is 79.2 Å². The van der Waals surface area contributed by atoms with Gasteiger partial charge in [-0.2, -0.15) is 30.3 Å². The second-order valence-electron chi connectivity index (χ2n) is 4.09. The normalized spacial score (nSPS) is 8.60. The molecule has 0 aliphatic heterocycles. The summed E-state index contributed by atoms with van der Waals surface area (Å²) in [6, 6.07) is 20.8. The van der Waals surface area contributed by atoms with E-state index in [9.17, 15) is 0 Å². The molecule has 0 fully saturated rings. The van der Waals surface area contributed by atoms with Gasteiger partial charge >= 0.3 is 37.9 Å². The van der Waals surface area contributed by atoms with E-state index >= 15 is 0 Å². The number of rotatable bonds is 0. The summed E-state index contributed by atoms with van der Waals surface area (Å²) in [6.07, 6.45) is 0. The predicted molar refractivity (Wildman–Crippen MR) is 89.2 cm³/mol. The fraction of sp³-hybridized carbons (Fsp3) is 0.118. The Labute approximate surface area is 141 Å². The molecule has 0 saturated carbocycles. The molecule has 3 heteroatoms. The molecule has 0 aliphatic carbocycles. The molecule has 0 nitrogen and oxygen atoms in total. The molecule has 0 atom stereocenters. The van der Waals surface area contributed by atoms with Crippen molar-refractivity contribution in [2.75, 3.05) is 0 Å². The summed E-state index contributed by atoms with van der Waals surface area (Å²) in [5.74, 6) is 0. The molecule has 0 aromatic heterocycles. The van der Waals surface area contributed by atoms with E-state index in [1.807, 2.05) is 30.3 Å². The maximum Gasteiger partial charge on any atom is -0.172 e. The molecule has 20 heavy (non-hydrogen) atoms. The monoisotopic (exact) mass is 383 g/mol. The van der Waals surface area contributed by atoms with Gasteiger partial charge in [0.25, 0.3) is 0 Å². The standard InChI is InChI=1S/C11H11.C5H5.CH3.2ClH.Zr/c1-8-4-3-5-10-7-6-9(2)11(8)10;1-2-4-5-3-1;;;;/h3-7H,1-2H3;1-5H;1H3;2*1H;/q3*-1;;;+2/p-2. The van der Waals surface area contributed by atoms with E-state index in [2.05, 4.69) is 44.2 Å². The molecule has 0 saturated heterocycles. The van der Waals surface area contributed by atoms with Gasteiger partial charge in [0.05, 0.1) is 0 Å². The minimum atomic E-state index is -0.826. The number of aryl methyl sites for hydroxylation is 2. The summed E-state index contributed by atoms with van der Waals surface area (Å²) in [7, 11) is 9.87. The van der Waals surface area contributed by atoms with Crippen LogP contribution in [0.15, 0.2) is 60.7 Å². The second kappa shape index (κ2) is 11.3. The summed E-state index contributed by atoms with van der Waals surface area (Å²) in [6.45, 7) is 4.32. The van der Waals surface area contributed by atoms with Crippen LogP contribution in [-0.2, 0) is 20.8 Å². The van der Waals surface area contributed by atoms with Crippen molar-refractivity contribution in [2.45, 2.75) is 13.8 Å². The van der Waals surface area contributed by atoms with Gasteiger partial charge in [-0.25, -0.2) is 12.1 Å². The summed E-state index contributed by atoms with van der Waals surface area (Å²) in [4.78, 5) is 0. The van der Waals surface area contributed by atoms with Crippen molar-refractivity contribution in [3.8, 4) is 0 Å². The summed E-state index contributed by atoms with van der Waals surface area (Å²) < 4.78 is 0. The third-order valence-electron chi connectivity index (χ3n) is 2.77. The second-order valence-corrected chi connectivity index (χ2v) is 7.82. The van der Waals surface area contributed by atoms with Crippen LogP contribution in [-0.4, -0.2) is 0 Å². The Hall–Kier alpha value is -0.357. The fourth-order valence-electron chi connectivity index (χ4n) is 1.99. The first kappa shape index (κ1) is 19.6. The van der Waals surface area contributed by atoms with Crippen LogP contribution < -0.4 is 0 Å². The first-order valence-electron chi connectivity index (χ1n) is 5.95. The van der Waals surface area contributed by atoms with Crippen molar-refractivity contribution >= 4 is 27.8 Å². The van der Waals surface area contributed by atoms with E-state index in [1.165, 1.54) is 21.9 Å². The fourth-order valence-corrected chi connectivity index (χ4v) is 1.99. The largest absolute Gasteiger partial charge is 0.214 e. The van der Waals surface area contributed by atoms with E-state index in [0.717, 1.165) is 0 Å². The van der Waals surface area contributed by atoms with Gasteiger partial charge in [0.2, 0.25) is 0 Å². The van der Waals surface area contributed by atoms with E-state index < -0.39 is 20.8 Å². The minimum absolute atomic E-state index is 0. The molecule has 0 spiro atoms. The molecule has 0 bridgehead atoms. The average molecular weight is 385 g/mol. The van der Waals surface area contributed by atoms with Crippen molar-refractivity contribution in [1.29, 1.82) is 0 Å². The number of hydrogen-bond acceptors (Lipinski definition) is 0. The number of benzene rings is 1. The van der Waals surface area contributed by atoms with Gasteiger partial charge in [0, 0.05) is 0 Å². The van der Waals surface area contributed by atoms with E-state index in [4.69, 9.17) is 17.0 Å². The SMILES string of the molecule is Cc1cccc2cc[c-](C)c12.[CH3-].[Cl][Zr][Cl].c1cc[cH-]c1. The Morgan fingerprint density at radius 2 is 1.65 bits per heavy atom. The van der Waals surface area contributed by atoms with Crippen LogP contribution in [0.1, 0.15) is 11.1 Å². The van der Waals surface area contributed by atoms with Crippen LogP contribution in [0.3, 0.4) is 0 Å². The Morgan fingerprint density at radius 3 is 2.10 bits per heavy atom. The van der Waals surface area contributed by atoms with Crippen molar-refractivity contribution < 1.29 is 20.8 Å². The molecule has 0 amide bonds. The molecular formula is C17H19Cl2Zr-3. The van der Waals surface area contributed by atoms with Crippen LogP contribution >= 0.6 is 17.0 Å². The summed E-state index contributed by atoms with van der Waals surface area (Å²) in [5, 5.41) is 2.79. The summed E-state index contributed by atoms with van der Waals surface area (Å²) >= 11 is -0.826. The molecule has 0 heterocycles. The third kappa shape index (κ3) is 6.40. The predicted octanol–water partition coefficient (Wildman–Crippen LogP) is 6.41. The van der Waals surface area contributed by atoms with Crippen LogP contribution in [0.5, 0.6) is 0 Å². The van der Waals surface area contributed by atoms with Gasteiger partial charge in [-0.05, 0) is 0 Å². The molecule has 0 aliphatic rings. The minimum Gasteiger partial charge on any atom is -0.214 e. The van der Waals surface area contributed by atoms with Gasteiger partial charge in [0.15, 0.2) is 0 Å². The van der Waals surface area contributed by atoms with E-state index in [1.54, 1.807) is 0 Å². The molecular weight excluding hydrogens is 366 g/mol. The molecule has 108 valence electrons. The molecule has 0 radical (unpaired) electrons. The van der Waals surface area contributed by atoms with Crippen LogP contribution in [0.25, 0.3) is 10.8 Å². The van der Waals surface area contributed by atoms with E-state index in [0.29, 0.717) is 0 Å². The smallest absolute Gasteiger partial charge is 0.172 e. The zero-order valence-corrected chi connectivity index (χ0v) is 16.0. The molecule has 0 unspecified atom stereocenters. The first-order chi connectivity index (χ1) is 9.20. The van der Waals surface area contributed by atoms with Crippen LogP contribution in [0, 0.1) is 21.3 Å². The van der Waals surface area contributed by atoms with Gasteiger partial charge in [-0.15, -0.1) is 34.0 Å². The molecule has 3 rings (SSSR count). The topological polar surface area (TPSA) is 0 Å².